The van der Waals surface area contributed by atoms with Crippen LogP contribution >= 0.6 is 11.8 Å². The predicted octanol–water partition coefficient (Wildman–Crippen LogP) is 2.27. The minimum atomic E-state index is -0.0558. The molecule has 2 aliphatic heterocycles. The number of anilines is 1. The monoisotopic (exact) mass is 347 g/mol. The van der Waals surface area contributed by atoms with Crippen LogP contribution in [0.4, 0.5) is 5.82 Å². The molecule has 4 rings (SSSR count). The zero-order valence-corrected chi connectivity index (χ0v) is 14.2. The minimum absolute atomic E-state index is 0.0533. The lowest BCUT2D eigenvalue weighted by Crippen LogP contribution is -2.16. The first-order valence-corrected chi connectivity index (χ1v) is 8.66. The summed E-state index contributed by atoms with van der Waals surface area (Å²) < 4.78 is 16.9. The van der Waals surface area contributed by atoms with E-state index in [1.807, 2.05) is 19.1 Å². The molecule has 0 aliphatic carbocycles. The van der Waals surface area contributed by atoms with Crippen LogP contribution in [0.2, 0.25) is 0 Å². The van der Waals surface area contributed by atoms with Crippen LogP contribution in [0.15, 0.2) is 12.1 Å². The molecule has 0 radical (unpaired) electrons. The van der Waals surface area contributed by atoms with Crippen molar-refractivity contribution in [1.29, 1.82) is 0 Å². The Morgan fingerprint density at radius 1 is 1.33 bits per heavy atom. The van der Waals surface area contributed by atoms with Crippen molar-refractivity contribution in [2.45, 2.75) is 12.2 Å². The number of hydrogen-bond donors (Lipinski definition) is 2. The van der Waals surface area contributed by atoms with Crippen molar-refractivity contribution in [2.24, 2.45) is 0 Å². The molecule has 1 aromatic heterocycles. The van der Waals surface area contributed by atoms with Crippen LogP contribution in [0.1, 0.15) is 22.1 Å². The van der Waals surface area contributed by atoms with Crippen molar-refractivity contribution in [3.05, 3.63) is 29.0 Å². The van der Waals surface area contributed by atoms with Crippen molar-refractivity contribution in [3.8, 4) is 17.2 Å². The van der Waals surface area contributed by atoms with Gasteiger partial charge in [-0.3, -0.25) is 9.89 Å². The second-order valence-corrected chi connectivity index (χ2v) is 6.69. The van der Waals surface area contributed by atoms with Gasteiger partial charge >= 0.3 is 0 Å². The molecule has 0 unspecified atom stereocenters. The molecule has 2 aromatic rings. The lowest BCUT2D eigenvalue weighted by molar-refractivity contribution is -0.113. The Kier molecular flexibility index (Phi) is 3.76. The Hall–Kier alpha value is -2.35. The van der Waals surface area contributed by atoms with Gasteiger partial charge < -0.3 is 19.5 Å². The number of nitrogens with zero attached hydrogens (tertiary/aromatic N) is 1. The maximum Gasteiger partial charge on any atom is 0.235 e. The zero-order valence-electron chi connectivity index (χ0n) is 13.3. The van der Waals surface area contributed by atoms with Gasteiger partial charge in [0.1, 0.15) is 13.2 Å². The summed E-state index contributed by atoms with van der Waals surface area (Å²) in [5.74, 6) is 2.82. The fourth-order valence-corrected chi connectivity index (χ4v) is 4.15. The van der Waals surface area contributed by atoms with Gasteiger partial charge in [0.05, 0.1) is 18.1 Å². The predicted molar refractivity (Wildman–Crippen MR) is 90.2 cm³/mol. The third-order valence-corrected chi connectivity index (χ3v) is 5.32. The number of aromatic nitrogens is 2. The Morgan fingerprint density at radius 2 is 2.17 bits per heavy atom. The summed E-state index contributed by atoms with van der Waals surface area (Å²) in [4.78, 5) is 11.9. The van der Waals surface area contributed by atoms with Gasteiger partial charge in [0.2, 0.25) is 11.7 Å². The summed E-state index contributed by atoms with van der Waals surface area (Å²) in [5.41, 5.74) is 2.89. The number of amides is 1. The van der Waals surface area contributed by atoms with Crippen molar-refractivity contribution in [3.63, 3.8) is 0 Å². The number of hydrogen-bond acceptors (Lipinski definition) is 6. The Bertz CT molecular complexity index is 788. The summed E-state index contributed by atoms with van der Waals surface area (Å²) in [6.45, 7) is 2.96. The van der Waals surface area contributed by atoms with Crippen LogP contribution < -0.4 is 19.5 Å². The van der Waals surface area contributed by atoms with E-state index in [9.17, 15) is 4.79 Å². The number of fused-ring (bicyclic) bond motifs is 2. The highest BCUT2D eigenvalue weighted by Crippen LogP contribution is 2.48. The quantitative estimate of drug-likeness (QED) is 0.867. The van der Waals surface area contributed by atoms with E-state index in [4.69, 9.17) is 14.2 Å². The highest BCUT2D eigenvalue weighted by molar-refractivity contribution is 8.00. The van der Waals surface area contributed by atoms with E-state index in [-0.39, 0.29) is 11.2 Å². The normalized spacial score (nSPS) is 19.2. The highest BCUT2D eigenvalue weighted by Gasteiger charge is 2.30. The second-order valence-electron chi connectivity index (χ2n) is 5.60. The molecule has 0 saturated carbocycles. The lowest BCUT2D eigenvalue weighted by atomic mass is 10.0. The molecule has 2 aliphatic rings. The molecular weight excluding hydrogens is 330 g/mol. The SMILES string of the molecule is COc1cc([C@@H]2SCC(=O)Nc3n[nH]c(C)c32)cc2c1OCCO2. The number of nitrogens with one attached hydrogen (secondary N) is 2. The van der Waals surface area contributed by atoms with Gasteiger partial charge in [0.15, 0.2) is 17.3 Å². The Morgan fingerprint density at radius 3 is 3.00 bits per heavy atom. The van der Waals surface area contributed by atoms with Crippen molar-refractivity contribution in [1.82, 2.24) is 10.2 Å². The topological polar surface area (TPSA) is 85.5 Å². The smallest absolute Gasteiger partial charge is 0.235 e. The lowest BCUT2D eigenvalue weighted by Gasteiger charge is -2.23. The van der Waals surface area contributed by atoms with E-state index in [0.29, 0.717) is 42.0 Å². The Labute approximate surface area is 143 Å². The van der Waals surface area contributed by atoms with Crippen LogP contribution in [0.25, 0.3) is 0 Å². The van der Waals surface area contributed by atoms with Gasteiger partial charge in [-0.25, -0.2) is 0 Å². The van der Waals surface area contributed by atoms with Gasteiger partial charge in [-0.15, -0.1) is 11.8 Å². The van der Waals surface area contributed by atoms with Crippen molar-refractivity contribution in [2.75, 3.05) is 31.4 Å². The van der Waals surface area contributed by atoms with Crippen LogP contribution in [0, 0.1) is 6.92 Å². The van der Waals surface area contributed by atoms with E-state index in [0.717, 1.165) is 16.8 Å². The molecular formula is C16H17N3O4S. The summed E-state index contributed by atoms with van der Waals surface area (Å²) in [7, 11) is 1.61. The molecule has 0 saturated heterocycles. The van der Waals surface area contributed by atoms with Crippen LogP contribution in [-0.4, -0.2) is 42.2 Å². The largest absolute Gasteiger partial charge is 0.493 e. The molecule has 24 heavy (non-hydrogen) atoms. The van der Waals surface area contributed by atoms with Gasteiger partial charge in [0.25, 0.3) is 0 Å². The average molecular weight is 347 g/mol. The van der Waals surface area contributed by atoms with E-state index in [1.54, 1.807) is 18.9 Å². The van der Waals surface area contributed by atoms with Crippen molar-refractivity contribution < 1.29 is 19.0 Å². The minimum Gasteiger partial charge on any atom is -0.493 e. The first-order chi connectivity index (χ1) is 11.7. The maximum atomic E-state index is 11.9. The number of ether oxygens (including phenoxy) is 3. The number of H-pyrrole nitrogens is 1. The molecule has 8 heteroatoms. The van der Waals surface area contributed by atoms with E-state index < -0.39 is 0 Å². The van der Waals surface area contributed by atoms with Crippen molar-refractivity contribution >= 4 is 23.5 Å². The van der Waals surface area contributed by atoms with Gasteiger partial charge in [0, 0.05) is 11.3 Å². The van der Waals surface area contributed by atoms with E-state index >= 15 is 0 Å². The fraction of sp³-hybridized carbons (Fsp3) is 0.375. The molecule has 1 amide bonds. The van der Waals surface area contributed by atoms with Gasteiger partial charge in [-0.2, -0.15) is 5.10 Å². The van der Waals surface area contributed by atoms with Crippen LogP contribution in [0.3, 0.4) is 0 Å². The summed E-state index contributed by atoms with van der Waals surface area (Å²) in [6, 6.07) is 3.90. The number of benzene rings is 1. The van der Waals surface area contributed by atoms with Gasteiger partial charge in [-0.05, 0) is 24.6 Å². The Balaban J connectivity index is 1.83. The first-order valence-electron chi connectivity index (χ1n) is 7.61. The van der Waals surface area contributed by atoms with E-state index in [1.165, 1.54) is 0 Å². The summed E-state index contributed by atoms with van der Waals surface area (Å²) in [6.07, 6.45) is 0. The number of carbonyl (C=O) groups excluding carboxylic acids is 1. The average Bonchev–Trinajstić information content (AvgIpc) is 2.85. The third kappa shape index (κ3) is 2.47. The summed E-state index contributed by atoms with van der Waals surface area (Å²) >= 11 is 1.55. The fourth-order valence-electron chi connectivity index (χ4n) is 2.97. The molecule has 2 N–H and O–H groups in total. The molecule has 1 aromatic carbocycles. The molecule has 3 heterocycles. The number of aromatic amines is 1. The molecule has 1 atom stereocenters. The number of aryl methyl sites for hydroxylation is 1. The van der Waals surface area contributed by atoms with Gasteiger partial charge in [-0.1, -0.05) is 0 Å². The third-order valence-electron chi connectivity index (χ3n) is 4.05. The zero-order chi connectivity index (χ0) is 16.7. The highest BCUT2D eigenvalue weighted by atomic mass is 32.2. The first kappa shape index (κ1) is 15.2. The van der Waals surface area contributed by atoms with Crippen LogP contribution in [-0.2, 0) is 4.79 Å². The summed E-state index contributed by atoms with van der Waals surface area (Å²) in [5, 5.41) is 9.96. The number of thioether (sulfide) groups is 1. The molecule has 7 nitrogen and oxygen atoms in total. The number of rotatable bonds is 2. The molecule has 0 fully saturated rings. The number of carbonyl (C=O) groups is 1. The van der Waals surface area contributed by atoms with Crippen LogP contribution in [0.5, 0.6) is 17.2 Å². The maximum absolute atomic E-state index is 11.9. The molecule has 126 valence electrons. The molecule has 0 spiro atoms. The molecule has 0 bridgehead atoms. The van der Waals surface area contributed by atoms with E-state index in [2.05, 4.69) is 15.5 Å². The number of methoxy groups -OCH3 is 1. The second kappa shape index (κ2) is 5.94. The standard InChI is InChI=1S/C16H17N3O4S/c1-8-13-15(24-7-12(20)17-16(13)19-18-8)9-5-10(21-2)14-11(6-9)22-3-4-23-14/h5-6,15H,3-4,7H2,1-2H3,(H2,17,18,19,20)/t15-/m0/s1.